The number of sulfonamides is 1. The third kappa shape index (κ3) is 3.63. The lowest BCUT2D eigenvalue weighted by Gasteiger charge is -2.21. The zero-order chi connectivity index (χ0) is 18.0. The molecule has 0 aromatic carbocycles. The first kappa shape index (κ1) is 18.1. The van der Waals surface area contributed by atoms with E-state index in [-0.39, 0.29) is 5.56 Å². The van der Waals surface area contributed by atoms with Crippen molar-refractivity contribution in [1.29, 1.82) is 0 Å². The zero-order valence-corrected chi connectivity index (χ0v) is 15.7. The molecule has 2 heterocycles. The van der Waals surface area contributed by atoms with Crippen LogP contribution < -0.4 is 11.2 Å². The summed E-state index contributed by atoms with van der Waals surface area (Å²) in [5, 5.41) is 1.73. The summed E-state index contributed by atoms with van der Waals surface area (Å²) in [5.74, 6) is 0. The van der Waals surface area contributed by atoms with Crippen LogP contribution in [0.1, 0.15) is 30.5 Å². The van der Waals surface area contributed by atoms with Gasteiger partial charge in [-0.2, -0.15) is 0 Å². The Hall–Kier alpha value is -1.71. The van der Waals surface area contributed by atoms with Crippen LogP contribution in [0.2, 0.25) is 0 Å². The van der Waals surface area contributed by atoms with E-state index in [0.717, 1.165) is 25.0 Å². The van der Waals surface area contributed by atoms with Crippen LogP contribution in [0.5, 0.6) is 0 Å². The van der Waals surface area contributed by atoms with Crippen molar-refractivity contribution in [1.82, 2.24) is 13.9 Å². The van der Waals surface area contributed by atoms with Gasteiger partial charge in [0.25, 0.3) is 15.6 Å². The smallest absolute Gasteiger partial charge is 0.297 e. The van der Waals surface area contributed by atoms with E-state index < -0.39 is 15.7 Å². The maximum Gasteiger partial charge on any atom is 0.328 e. The van der Waals surface area contributed by atoms with Gasteiger partial charge in [0, 0.05) is 31.4 Å². The molecule has 3 rings (SSSR count). The molecule has 0 saturated carbocycles. The monoisotopic (exact) mass is 383 g/mol. The quantitative estimate of drug-likeness (QED) is 0.811. The molecule has 2 aromatic heterocycles. The van der Waals surface area contributed by atoms with Gasteiger partial charge in [-0.25, -0.2) is 17.5 Å². The van der Waals surface area contributed by atoms with Gasteiger partial charge in [-0.05, 0) is 43.6 Å². The fraction of sp³-hybridized carbons (Fsp3) is 0.500. The van der Waals surface area contributed by atoms with E-state index in [2.05, 4.69) is 4.98 Å². The highest BCUT2D eigenvalue weighted by atomic mass is 32.2. The normalized spacial score (nSPS) is 14.6. The van der Waals surface area contributed by atoms with Gasteiger partial charge in [-0.15, -0.1) is 11.3 Å². The van der Waals surface area contributed by atoms with E-state index in [9.17, 15) is 18.0 Å². The number of thiophene rings is 1. The highest BCUT2D eigenvalue weighted by Gasteiger charge is 2.22. The fourth-order valence-electron chi connectivity index (χ4n) is 3.17. The first-order valence-corrected chi connectivity index (χ1v) is 10.6. The van der Waals surface area contributed by atoms with E-state index in [1.165, 1.54) is 15.6 Å². The highest BCUT2D eigenvalue weighted by Crippen LogP contribution is 2.20. The second kappa shape index (κ2) is 7.27. The highest BCUT2D eigenvalue weighted by molar-refractivity contribution is 7.91. The van der Waals surface area contributed by atoms with Crippen molar-refractivity contribution >= 4 is 21.4 Å². The summed E-state index contributed by atoms with van der Waals surface area (Å²) in [6.45, 7) is 0.697. The number of fused-ring (bicyclic) bond motifs is 1. The van der Waals surface area contributed by atoms with Gasteiger partial charge in [0.2, 0.25) is 0 Å². The third-order valence-corrected chi connectivity index (χ3v) is 7.75. The van der Waals surface area contributed by atoms with Crippen LogP contribution in [0, 0.1) is 0 Å². The number of aromatic nitrogens is 2. The topological polar surface area (TPSA) is 92.2 Å². The molecular weight excluding hydrogens is 362 g/mol. The van der Waals surface area contributed by atoms with Crippen LogP contribution in [-0.2, 0) is 29.4 Å². The van der Waals surface area contributed by atoms with Crippen molar-refractivity contribution in [3.05, 3.63) is 49.6 Å². The first-order chi connectivity index (χ1) is 11.9. The summed E-state index contributed by atoms with van der Waals surface area (Å²) in [6.07, 6.45) is 3.83. The Balaban J connectivity index is 1.73. The number of hydrogen-bond acceptors (Lipinski definition) is 5. The predicted molar refractivity (Wildman–Crippen MR) is 96.7 cm³/mol. The summed E-state index contributed by atoms with van der Waals surface area (Å²) in [4.78, 5) is 26.5. The molecule has 1 aliphatic carbocycles. The Kier molecular flexibility index (Phi) is 5.26. The van der Waals surface area contributed by atoms with Gasteiger partial charge >= 0.3 is 5.69 Å². The molecule has 0 bridgehead atoms. The van der Waals surface area contributed by atoms with Crippen molar-refractivity contribution in [3.63, 3.8) is 0 Å². The molecule has 9 heteroatoms. The number of hydrogen-bond donors (Lipinski definition) is 1. The largest absolute Gasteiger partial charge is 0.328 e. The molecule has 0 atom stereocenters. The van der Waals surface area contributed by atoms with E-state index in [1.54, 1.807) is 29.1 Å². The Morgan fingerprint density at radius 1 is 1.28 bits per heavy atom. The zero-order valence-electron chi connectivity index (χ0n) is 14.0. The molecule has 0 aliphatic heterocycles. The van der Waals surface area contributed by atoms with Crippen molar-refractivity contribution in [2.45, 2.75) is 42.9 Å². The lowest BCUT2D eigenvalue weighted by atomic mass is 9.97. The molecule has 0 amide bonds. The van der Waals surface area contributed by atoms with Crippen LogP contribution in [0.15, 0.2) is 31.3 Å². The Morgan fingerprint density at radius 2 is 2.04 bits per heavy atom. The molecule has 25 heavy (non-hydrogen) atoms. The minimum Gasteiger partial charge on any atom is -0.297 e. The number of nitrogens with one attached hydrogen (secondary N) is 1. The summed E-state index contributed by atoms with van der Waals surface area (Å²) in [7, 11) is -1.94. The van der Waals surface area contributed by atoms with Crippen molar-refractivity contribution in [2.75, 3.05) is 13.6 Å². The third-order valence-electron chi connectivity index (χ3n) is 4.52. The Morgan fingerprint density at radius 3 is 2.76 bits per heavy atom. The predicted octanol–water partition coefficient (Wildman–Crippen LogP) is 1.19. The van der Waals surface area contributed by atoms with Crippen LogP contribution in [0.3, 0.4) is 0 Å². The molecule has 0 spiro atoms. The first-order valence-electron chi connectivity index (χ1n) is 8.26. The lowest BCUT2D eigenvalue weighted by molar-refractivity contribution is 0.437. The average Bonchev–Trinajstić information content (AvgIpc) is 3.13. The van der Waals surface area contributed by atoms with Crippen LogP contribution in [-0.4, -0.2) is 35.9 Å². The molecule has 0 fully saturated rings. The van der Waals surface area contributed by atoms with E-state index in [1.807, 2.05) is 0 Å². The molecule has 136 valence electrons. The number of aromatic amines is 1. The molecule has 1 aliphatic rings. The molecule has 0 saturated heterocycles. The van der Waals surface area contributed by atoms with Crippen molar-refractivity contribution in [3.8, 4) is 0 Å². The summed E-state index contributed by atoms with van der Waals surface area (Å²) >= 11 is 1.19. The number of rotatable bonds is 6. The van der Waals surface area contributed by atoms with Crippen molar-refractivity contribution < 1.29 is 8.42 Å². The molecule has 1 N–H and O–H groups in total. The number of nitrogens with zero attached hydrogens (tertiary/aromatic N) is 2. The Bertz CT molecular complexity index is 958. The van der Waals surface area contributed by atoms with E-state index in [0.29, 0.717) is 35.7 Å². The second-order valence-corrected chi connectivity index (χ2v) is 9.37. The molecular formula is C16H21N3O4S2. The van der Waals surface area contributed by atoms with Gasteiger partial charge in [0.05, 0.1) is 0 Å². The summed E-state index contributed by atoms with van der Waals surface area (Å²) < 4.78 is 28.0. The van der Waals surface area contributed by atoms with Crippen molar-refractivity contribution in [2.24, 2.45) is 0 Å². The minimum atomic E-state index is -3.48. The van der Waals surface area contributed by atoms with Gasteiger partial charge in [0.15, 0.2) is 0 Å². The van der Waals surface area contributed by atoms with Crippen LogP contribution >= 0.6 is 11.3 Å². The average molecular weight is 383 g/mol. The van der Waals surface area contributed by atoms with Gasteiger partial charge in [0.1, 0.15) is 4.21 Å². The van der Waals surface area contributed by atoms with Crippen LogP contribution in [0.25, 0.3) is 0 Å². The van der Waals surface area contributed by atoms with E-state index >= 15 is 0 Å². The second-order valence-electron chi connectivity index (χ2n) is 6.16. The molecule has 0 radical (unpaired) electrons. The maximum atomic E-state index is 12.4. The van der Waals surface area contributed by atoms with Gasteiger partial charge in [-0.3, -0.25) is 14.3 Å². The van der Waals surface area contributed by atoms with Gasteiger partial charge in [-0.1, -0.05) is 6.07 Å². The molecule has 7 nitrogen and oxygen atoms in total. The SMILES string of the molecule is CN(CCCn1c2c(c(=O)[nH]c1=O)CCCC2)S(=O)(=O)c1cccs1. The molecule has 0 unspecified atom stereocenters. The summed E-state index contributed by atoms with van der Waals surface area (Å²) in [5.41, 5.74) is 0.817. The fourth-order valence-corrected chi connectivity index (χ4v) is 5.58. The van der Waals surface area contributed by atoms with E-state index in [4.69, 9.17) is 0 Å². The molecule has 2 aromatic rings. The summed E-state index contributed by atoms with van der Waals surface area (Å²) in [6, 6.07) is 3.29. The maximum absolute atomic E-state index is 12.4. The number of H-pyrrole nitrogens is 1. The standard InChI is InChI=1S/C16H21N3O4S2/c1-18(25(22,23)14-8-4-11-24-14)9-5-10-19-13-7-3-2-6-12(13)15(20)17-16(19)21/h4,8,11H,2-3,5-7,9-10H2,1H3,(H,17,20,21). The lowest BCUT2D eigenvalue weighted by Crippen LogP contribution is -2.37. The Labute approximate surface area is 150 Å². The minimum absolute atomic E-state index is 0.284. The van der Waals surface area contributed by atoms with Gasteiger partial charge < -0.3 is 0 Å². The van der Waals surface area contributed by atoms with Crippen LogP contribution in [0.4, 0.5) is 0 Å².